The molecule has 1 unspecified atom stereocenters. The van der Waals surface area contributed by atoms with Crippen molar-refractivity contribution in [3.63, 3.8) is 0 Å². The van der Waals surface area contributed by atoms with Gasteiger partial charge >= 0.3 is 0 Å². The van der Waals surface area contributed by atoms with Crippen LogP contribution in [0.25, 0.3) is 0 Å². The minimum atomic E-state index is -0.270. The van der Waals surface area contributed by atoms with E-state index in [0.717, 1.165) is 12.8 Å². The zero-order chi connectivity index (χ0) is 15.5. The largest absolute Gasteiger partial charge is 0.383 e. The predicted molar refractivity (Wildman–Crippen MR) is 85.0 cm³/mol. The first-order valence-corrected chi connectivity index (χ1v) is 7.82. The number of anilines is 1. The molecule has 0 saturated heterocycles. The summed E-state index contributed by atoms with van der Waals surface area (Å²) in [4.78, 5) is 12.1. The summed E-state index contributed by atoms with van der Waals surface area (Å²) in [5.41, 5.74) is 0.704. The molecule has 2 rings (SSSR count). The Kier molecular flexibility index (Phi) is 5.27. The van der Waals surface area contributed by atoms with Gasteiger partial charge < -0.3 is 10.1 Å². The van der Waals surface area contributed by atoms with Gasteiger partial charge in [0.05, 0.1) is 25.0 Å². The van der Waals surface area contributed by atoms with Crippen molar-refractivity contribution in [2.75, 3.05) is 19.0 Å². The van der Waals surface area contributed by atoms with Gasteiger partial charge in [-0.1, -0.05) is 31.9 Å². The van der Waals surface area contributed by atoms with Crippen molar-refractivity contribution in [1.29, 1.82) is 0 Å². The van der Waals surface area contributed by atoms with E-state index in [1.165, 1.54) is 17.5 Å². The van der Waals surface area contributed by atoms with E-state index in [1.807, 2.05) is 0 Å². The summed E-state index contributed by atoms with van der Waals surface area (Å²) < 4.78 is 6.29. The zero-order valence-corrected chi connectivity index (χ0v) is 13.7. The lowest BCUT2D eigenvalue weighted by atomic mass is 9.75. The fourth-order valence-electron chi connectivity index (χ4n) is 2.94. The summed E-state index contributed by atoms with van der Waals surface area (Å²) in [6.07, 6.45) is 6.26. The Balaban J connectivity index is 2.10. The number of nitrogens with one attached hydrogen (secondary N) is 1. The molecule has 1 N–H and O–H groups in total. The quantitative estimate of drug-likeness (QED) is 0.908. The second-order valence-corrected chi connectivity index (χ2v) is 6.87. The Labute approximate surface area is 130 Å². The standard InChI is InChI=1S/C15H24ClN3O2/c1-15(2)6-4-5-11(9-15)18-12-10-17-19(7-8-21-3)14(20)13(12)16/h10-11,18H,4-9H2,1-3H3. The number of aromatic nitrogens is 2. The molecule has 1 heterocycles. The molecule has 0 radical (unpaired) electrons. The SMILES string of the molecule is COCCn1ncc(NC2CCCC(C)(C)C2)c(Cl)c1=O. The van der Waals surface area contributed by atoms with E-state index in [4.69, 9.17) is 16.3 Å². The van der Waals surface area contributed by atoms with Gasteiger partial charge in [-0.3, -0.25) is 4.79 Å². The summed E-state index contributed by atoms with van der Waals surface area (Å²) in [5.74, 6) is 0. The molecule has 1 aliphatic rings. The first kappa shape index (κ1) is 16.3. The maximum atomic E-state index is 12.1. The second kappa shape index (κ2) is 6.79. The maximum absolute atomic E-state index is 12.1. The Morgan fingerprint density at radius 3 is 3.00 bits per heavy atom. The summed E-state index contributed by atoms with van der Waals surface area (Å²) in [5, 5.41) is 7.76. The lowest BCUT2D eigenvalue weighted by Crippen LogP contribution is -2.33. The van der Waals surface area contributed by atoms with Crippen LogP contribution in [-0.2, 0) is 11.3 Å². The molecule has 1 atom stereocenters. The van der Waals surface area contributed by atoms with Gasteiger partial charge in [0.15, 0.2) is 0 Å². The molecule has 118 valence electrons. The average Bonchev–Trinajstić information content (AvgIpc) is 2.42. The highest BCUT2D eigenvalue weighted by atomic mass is 35.5. The number of hydrogen-bond acceptors (Lipinski definition) is 4. The molecule has 0 amide bonds. The van der Waals surface area contributed by atoms with Gasteiger partial charge in [0.1, 0.15) is 5.02 Å². The van der Waals surface area contributed by atoms with Crippen LogP contribution in [0.5, 0.6) is 0 Å². The van der Waals surface area contributed by atoms with Crippen LogP contribution in [0.1, 0.15) is 39.5 Å². The Morgan fingerprint density at radius 2 is 2.33 bits per heavy atom. The van der Waals surface area contributed by atoms with Gasteiger partial charge in [0, 0.05) is 13.2 Å². The van der Waals surface area contributed by atoms with Crippen LogP contribution in [0, 0.1) is 5.41 Å². The second-order valence-electron chi connectivity index (χ2n) is 6.50. The minimum Gasteiger partial charge on any atom is -0.383 e. The Hall–Kier alpha value is -1.07. The zero-order valence-electron chi connectivity index (χ0n) is 13.0. The monoisotopic (exact) mass is 313 g/mol. The van der Waals surface area contributed by atoms with Crippen molar-refractivity contribution in [2.45, 2.75) is 52.1 Å². The van der Waals surface area contributed by atoms with Crippen molar-refractivity contribution < 1.29 is 4.74 Å². The molecule has 0 aromatic carbocycles. The average molecular weight is 314 g/mol. The van der Waals surface area contributed by atoms with Crippen molar-refractivity contribution >= 4 is 17.3 Å². The maximum Gasteiger partial charge on any atom is 0.287 e. The van der Waals surface area contributed by atoms with Gasteiger partial charge in [-0.15, -0.1) is 0 Å². The van der Waals surface area contributed by atoms with E-state index in [0.29, 0.717) is 30.3 Å². The van der Waals surface area contributed by atoms with Crippen LogP contribution in [0.4, 0.5) is 5.69 Å². The molecule has 0 aliphatic heterocycles. The van der Waals surface area contributed by atoms with Crippen LogP contribution < -0.4 is 10.9 Å². The Bertz CT molecular complexity index is 542. The molecule has 0 bridgehead atoms. The third-order valence-electron chi connectivity index (χ3n) is 4.06. The third-order valence-corrected chi connectivity index (χ3v) is 4.42. The molecule has 1 aliphatic carbocycles. The highest BCUT2D eigenvalue weighted by molar-refractivity contribution is 6.32. The highest BCUT2D eigenvalue weighted by Crippen LogP contribution is 2.36. The number of nitrogens with zero attached hydrogens (tertiary/aromatic N) is 2. The topological polar surface area (TPSA) is 56.1 Å². The summed E-state index contributed by atoms with van der Waals surface area (Å²) in [7, 11) is 1.59. The number of rotatable bonds is 5. The normalized spacial score (nSPS) is 21.2. The fraction of sp³-hybridized carbons (Fsp3) is 0.733. The Morgan fingerprint density at radius 1 is 1.57 bits per heavy atom. The summed E-state index contributed by atoms with van der Waals surface area (Å²) in [6, 6.07) is 0.349. The predicted octanol–water partition coefficient (Wildman–Crippen LogP) is 2.92. The lowest BCUT2D eigenvalue weighted by Gasteiger charge is -2.36. The van der Waals surface area contributed by atoms with Gasteiger partial charge in [-0.2, -0.15) is 5.10 Å². The van der Waals surface area contributed by atoms with Crippen molar-refractivity contribution in [3.05, 3.63) is 21.6 Å². The minimum absolute atomic E-state index is 0.212. The number of methoxy groups -OCH3 is 1. The molecule has 5 nitrogen and oxygen atoms in total. The van der Waals surface area contributed by atoms with E-state index >= 15 is 0 Å². The van der Waals surface area contributed by atoms with Crippen LogP contribution in [0.2, 0.25) is 5.02 Å². The number of halogens is 1. The molecule has 1 saturated carbocycles. The molecule has 6 heteroatoms. The van der Waals surface area contributed by atoms with Gasteiger partial charge in [-0.05, 0) is 24.7 Å². The number of ether oxygens (including phenoxy) is 1. The van der Waals surface area contributed by atoms with Crippen LogP contribution in [0.15, 0.2) is 11.0 Å². The van der Waals surface area contributed by atoms with Crippen LogP contribution in [0.3, 0.4) is 0 Å². The first-order chi connectivity index (χ1) is 9.93. The van der Waals surface area contributed by atoms with Crippen molar-refractivity contribution in [3.8, 4) is 0 Å². The van der Waals surface area contributed by atoms with E-state index < -0.39 is 0 Å². The van der Waals surface area contributed by atoms with Gasteiger partial charge in [-0.25, -0.2) is 4.68 Å². The third kappa shape index (κ3) is 4.20. The number of hydrogen-bond donors (Lipinski definition) is 1. The van der Waals surface area contributed by atoms with Gasteiger partial charge in [0.2, 0.25) is 0 Å². The summed E-state index contributed by atoms with van der Waals surface area (Å²) in [6.45, 7) is 5.41. The lowest BCUT2D eigenvalue weighted by molar-refractivity contribution is 0.182. The molecular formula is C15H24ClN3O2. The molecule has 0 spiro atoms. The highest BCUT2D eigenvalue weighted by Gasteiger charge is 2.28. The summed E-state index contributed by atoms with van der Waals surface area (Å²) >= 11 is 6.19. The van der Waals surface area contributed by atoms with Gasteiger partial charge in [0.25, 0.3) is 5.56 Å². The molecule has 21 heavy (non-hydrogen) atoms. The van der Waals surface area contributed by atoms with Crippen LogP contribution in [-0.4, -0.2) is 29.5 Å². The molecule has 1 aromatic rings. The molecular weight excluding hydrogens is 290 g/mol. The van der Waals surface area contributed by atoms with Crippen molar-refractivity contribution in [2.24, 2.45) is 5.41 Å². The van der Waals surface area contributed by atoms with E-state index in [-0.39, 0.29) is 10.6 Å². The van der Waals surface area contributed by atoms with E-state index in [9.17, 15) is 4.79 Å². The smallest absolute Gasteiger partial charge is 0.287 e. The fourth-order valence-corrected chi connectivity index (χ4v) is 3.14. The van der Waals surface area contributed by atoms with Crippen molar-refractivity contribution in [1.82, 2.24) is 9.78 Å². The molecule has 1 aromatic heterocycles. The van der Waals surface area contributed by atoms with E-state index in [2.05, 4.69) is 24.3 Å². The van der Waals surface area contributed by atoms with Crippen LogP contribution >= 0.6 is 11.6 Å². The molecule has 1 fully saturated rings. The van der Waals surface area contributed by atoms with E-state index in [1.54, 1.807) is 13.3 Å². The first-order valence-electron chi connectivity index (χ1n) is 7.44.